The molecule has 3 heteroatoms. The predicted molar refractivity (Wildman–Crippen MR) is 128 cm³/mol. The molecule has 3 aromatic carbocycles. The molecule has 1 N–H and O–H groups in total. The molecule has 2 aliphatic rings. The number of rotatable bonds is 1. The number of nitrogens with zero attached hydrogens (tertiary/aromatic N) is 1. The van der Waals surface area contributed by atoms with Crippen LogP contribution >= 0.6 is 0 Å². The number of allylic oxidation sites excluding steroid dienone is 1. The number of Topliss-reactive ketones (excluding diaryl/α,β-unsaturated/α-hetero) is 1. The Morgan fingerprint density at radius 1 is 0.935 bits per heavy atom. The first-order valence-corrected chi connectivity index (χ1v) is 11.0. The van der Waals surface area contributed by atoms with E-state index in [0.29, 0.717) is 6.42 Å². The maximum atomic E-state index is 13.6. The standard InChI is InChI=1S/C28H26N2O/c1-28(2)14-20-25-18-9-5-4-8-17(18)12-13-22(25)29-27(26(20)24(31)15-28)21-16-30(3)23-11-7-6-10-19(21)23/h4-13,16,27,29H,14-15H2,1-3H3/t27-/m1/s1. The highest BCUT2D eigenvalue weighted by Gasteiger charge is 2.41. The second kappa shape index (κ2) is 6.34. The summed E-state index contributed by atoms with van der Waals surface area (Å²) < 4.78 is 2.17. The van der Waals surface area contributed by atoms with Crippen molar-refractivity contribution in [3.8, 4) is 0 Å². The number of aryl methyl sites for hydroxylation is 1. The number of ketones is 1. The van der Waals surface area contributed by atoms with Gasteiger partial charge in [-0.1, -0.05) is 62.4 Å². The van der Waals surface area contributed by atoms with Gasteiger partial charge in [-0.25, -0.2) is 0 Å². The minimum Gasteiger partial charge on any atom is -0.373 e. The van der Waals surface area contributed by atoms with Gasteiger partial charge in [0.15, 0.2) is 5.78 Å². The van der Waals surface area contributed by atoms with Crippen molar-refractivity contribution < 1.29 is 4.79 Å². The summed E-state index contributed by atoms with van der Waals surface area (Å²) in [6.07, 6.45) is 3.69. The molecular weight excluding hydrogens is 380 g/mol. The highest BCUT2D eigenvalue weighted by atomic mass is 16.1. The van der Waals surface area contributed by atoms with E-state index in [1.165, 1.54) is 38.4 Å². The van der Waals surface area contributed by atoms with Crippen LogP contribution in [-0.2, 0) is 11.8 Å². The van der Waals surface area contributed by atoms with Crippen molar-refractivity contribution in [2.45, 2.75) is 32.7 Å². The Bertz CT molecular complexity index is 1420. The van der Waals surface area contributed by atoms with Crippen LogP contribution in [0.2, 0.25) is 0 Å². The van der Waals surface area contributed by atoms with Crippen LogP contribution in [0.4, 0.5) is 5.69 Å². The third-order valence-electron chi connectivity index (χ3n) is 6.98. The number of nitrogens with one attached hydrogen (secondary N) is 1. The molecule has 1 aromatic heterocycles. The average Bonchev–Trinajstić information content (AvgIpc) is 3.08. The molecule has 154 valence electrons. The molecule has 0 saturated carbocycles. The molecular formula is C28H26N2O. The number of aromatic nitrogens is 1. The molecule has 0 saturated heterocycles. The normalized spacial score (nSPS) is 20.0. The number of hydrogen-bond donors (Lipinski definition) is 1. The highest BCUT2D eigenvalue weighted by molar-refractivity contribution is 6.13. The van der Waals surface area contributed by atoms with Gasteiger partial charge in [0.2, 0.25) is 0 Å². The van der Waals surface area contributed by atoms with Gasteiger partial charge in [0, 0.05) is 53.0 Å². The number of hydrogen-bond acceptors (Lipinski definition) is 2. The lowest BCUT2D eigenvalue weighted by molar-refractivity contribution is -0.118. The molecule has 1 atom stereocenters. The third-order valence-corrected chi connectivity index (χ3v) is 6.98. The van der Waals surface area contributed by atoms with Gasteiger partial charge < -0.3 is 9.88 Å². The van der Waals surface area contributed by atoms with E-state index in [-0.39, 0.29) is 17.2 Å². The van der Waals surface area contributed by atoms with Gasteiger partial charge in [0.1, 0.15) is 0 Å². The monoisotopic (exact) mass is 406 g/mol. The second-order valence-corrected chi connectivity index (χ2v) is 9.83. The van der Waals surface area contributed by atoms with Crippen molar-refractivity contribution in [1.29, 1.82) is 0 Å². The van der Waals surface area contributed by atoms with E-state index in [0.717, 1.165) is 17.7 Å². The number of benzene rings is 3. The lowest BCUT2D eigenvalue weighted by Gasteiger charge is -2.40. The second-order valence-electron chi connectivity index (χ2n) is 9.83. The first-order valence-electron chi connectivity index (χ1n) is 11.0. The fourth-order valence-corrected chi connectivity index (χ4v) is 5.67. The summed E-state index contributed by atoms with van der Waals surface area (Å²) in [7, 11) is 2.08. The van der Waals surface area contributed by atoms with E-state index in [9.17, 15) is 4.79 Å². The molecule has 0 unspecified atom stereocenters. The summed E-state index contributed by atoms with van der Waals surface area (Å²) in [5.74, 6) is 0.273. The van der Waals surface area contributed by atoms with Crippen LogP contribution in [-0.4, -0.2) is 10.4 Å². The van der Waals surface area contributed by atoms with Crippen molar-refractivity contribution in [3.63, 3.8) is 0 Å². The Kier molecular flexibility index (Phi) is 3.77. The van der Waals surface area contributed by atoms with E-state index in [1.807, 2.05) is 0 Å². The highest BCUT2D eigenvalue weighted by Crippen LogP contribution is 2.52. The number of carbonyl (C=O) groups is 1. The topological polar surface area (TPSA) is 34.0 Å². The summed E-state index contributed by atoms with van der Waals surface area (Å²) in [6.45, 7) is 4.43. The largest absolute Gasteiger partial charge is 0.373 e. The van der Waals surface area contributed by atoms with Crippen LogP contribution in [0, 0.1) is 5.41 Å². The summed E-state index contributed by atoms with van der Waals surface area (Å²) in [4.78, 5) is 13.6. The zero-order chi connectivity index (χ0) is 21.3. The average molecular weight is 407 g/mol. The molecule has 1 aliphatic heterocycles. The van der Waals surface area contributed by atoms with Crippen LogP contribution in [0.15, 0.2) is 72.4 Å². The van der Waals surface area contributed by atoms with Gasteiger partial charge >= 0.3 is 0 Å². The molecule has 0 radical (unpaired) electrons. The van der Waals surface area contributed by atoms with Gasteiger partial charge in [-0.15, -0.1) is 0 Å². The quantitative estimate of drug-likeness (QED) is 0.384. The fourth-order valence-electron chi connectivity index (χ4n) is 5.67. The summed E-state index contributed by atoms with van der Waals surface area (Å²) >= 11 is 0. The molecule has 0 amide bonds. The molecule has 0 spiro atoms. The Morgan fingerprint density at radius 2 is 1.68 bits per heavy atom. The smallest absolute Gasteiger partial charge is 0.162 e. The third kappa shape index (κ3) is 2.69. The summed E-state index contributed by atoms with van der Waals surface area (Å²) in [5, 5.41) is 7.42. The van der Waals surface area contributed by atoms with E-state index in [4.69, 9.17) is 0 Å². The van der Waals surface area contributed by atoms with Crippen LogP contribution in [0.5, 0.6) is 0 Å². The van der Waals surface area contributed by atoms with E-state index < -0.39 is 0 Å². The lowest BCUT2D eigenvalue weighted by atomic mass is 9.68. The Morgan fingerprint density at radius 3 is 2.52 bits per heavy atom. The van der Waals surface area contributed by atoms with Gasteiger partial charge in [-0.05, 0) is 40.3 Å². The molecule has 0 fully saturated rings. The molecule has 3 nitrogen and oxygen atoms in total. The Hall–Kier alpha value is -3.33. The number of anilines is 1. The van der Waals surface area contributed by atoms with Gasteiger partial charge in [-0.2, -0.15) is 0 Å². The van der Waals surface area contributed by atoms with Gasteiger partial charge in [-0.3, -0.25) is 4.79 Å². The van der Waals surface area contributed by atoms with Crippen LogP contribution in [0.3, 0.4) is 0 Å². The predicted octanol–water partition coefficient (Wildman–Crippen LogP) is 6.64. The maximum Gasteiger partial charge on any atom is 0.162 e. The van der Waals surface area contributed by atoms with Crippen molar-refractivity contribution in [1.82, 2.24) is 4.57 Å². The zero-order valence-electron chi connectivity index (χ0n) is 18.2. The molecule has 6 rings (SSSR count). The lowest BCUT2D eigenvalue weighted by Crippen LogP contribution is -2.33. The fraction of sp³-hybridized carbons (Fsp3) is 0.250. The number of carbonyl (C=O) groups excluding carboxylic acids is 1. The van der Waals surface area contributed by atoms with Crippen molar-refractivity contribution in [2.75, 3.05) is 5.32 Å². The van der Waals surface area contributed by atoms with Crippen molar-refractivity contribution >= 4 is 38.7 Å². The molecule has 2 heterocycles. The van der Waals surface area contributed by atoms with E-state index in [1.54, 1.807) is 0 Å². The SMILES string of the molecule is Cn1cc([C@H]2Nc3ccc4ccccc4c3C3=C2C(=O)CC(C)(C)C3)c2ccccc21. The molecule has 4 aromatic rings. The first kappa shape index (κ1) is 18.4. The minimum absolute atomic E-state index is 0.0369. The molecule has 1 aliphatic carbocycles. The zero-order valence-corrected chi connectivity index (χ0v) is 18.2. The summed E-state index contributed by atoms with van der Waals surface area (Å²) in [6, 6.07) is 21.2. The molecule has 0 bridgehead atoms. The van der Waals surface area contributed by atoms with Crippen molar-refractivity contribution in [3.05, 3.63) is 83.6 Å². The van der Waals surface area contributed by atoms with E-state index in [2.05, 4.69) is 97.6 Å². The van der Waals surface area contributed by atoms with Gasteiger partial charge in [0.05, 0.1) is 6.04 Å². The molecule has 31 heavy (non-hydrogen) atoms. The minimum atomic E-state index is -0.127. The van der Waals surface area contributed by atoms with E-state index >= 15 is 0 Å². The Labute approximate surface area is 182 Å². The van der Waals surface area contributed by atoms with Gasteiger partial charge in [0.25, 0.3) is 0 Å². The summed E-state index contributed by atoms with van der Waals surface area (Å²) in [5.41, 5.74) is 6.85. The van der Waals surface area contributed by atoms with Crippen LogP contribution < -0.4 is 5.32 Å². The Balaban J connectivity index is 1.67. The van der Waals surface area contributed by atoms with Crippen LogP contribution in [0.25, 0.3) is 27.2 Å². The maximum absolute atomic E-state index is 13.6. The number of fused-ring (bicyclic) bond motifs is 5. The van der Waals surface area contributed by atoms with Crippen molar-refractivity contribution in [2.24, 2.45) is 12.5 Å². The number of para-hydroxylation sites is 1. The van der Waals surface area contributed by atoms with Crippen LogP contribution in [0.1, 0.15) is 43.9 Å². The first-order chi connectivity index (χ1) is 14.9.